The smallest absolute Gasteiger partial charge is 0.211 e. The average molecular weight is 378 g/mol. The molecule has 0 radical (unpaired) electrons. The van der Waals surface area contributed by atoms with Crippen molar-refractivity contribution in [2.75, 3.05) is 22.6 Å². The normalized spacial score (nSPS) is 10.3. The first-order valence-corrected chi connectivity index (χ1v) is 9.26. The summed E-state index contributed by atoms with van der Waals surface area (Å²) in [6.45, 7) is 0. The number of hydrogen-bond acceptors (Lipinski definition) is 7. The average Bonchev–Trinajstić information content (AvgIpc) is 2.69. The number of amides is 1. The van der Waals surface area contributed by atoms with Crippen LogP contribution in [-0.4, -0.2) is 28.3 Å². The van der Waals surface area contributed by atoms with Gasteiger partial charge >= 0.3 is 0 Å². The van der Waals surface area contributed by atoms with E-state index in [0.717, 1.165) is 16.1 Å². The molecule has 5 N–H and O–H groups in total. The molecular weight excluding hydrogens is 360 g/mol. The van der Waals surface area contributed by atoms with Gasteiger partial charge in [0.1, 0.15) is 18.0 Å². The van der Waals surface area contributed by atoms with E-state index in [-0.39, 0.29) is 11.5 Å². The molecule has 1 amide bonds. The van der Waals surface area contributed by atoms with Gasteiger partial charge in [0.05, 0.1) is 11.3 Å². The van der Waals surface area contributed by atoms with E-state index in [1.165, 1.54) is 6.33 Å². The van der Waals surface area contributed by atoms with Crippen molar-refractivity contribution in [2.24, 2.45) is 0 Å². The van der Waals surface area contributed by atoms with Crippen molar-refractivity contribution in [1.29, 1.82) is 5.41 Å². The highest BCUT2D eigenvalue weighted by Gasteiger charge is 2.16. The number of rotatable bonds is 7. The summed E-state index contributed by atoms with van der Waals surface area (Å²) in [6, 6.07) is 14.8. The van der Waals surface area contributed by atoms with Crippen molar-refractivity contribution >= 4 is 46.9 Å². The number of carbonyl (C=O) groups is 1. The molecule has 3 rings (SSSR count). The number of nitrogen functional groups attached to an aromatic ring is 1. The van der Waals surface area contributed by atoms with E-state index in [1.807, 2.05) is 30.5 Å². The van der Waals surface area contributed by atoms with E-state index in [2.05, 4.69) is 20.6 Å². The van der Waals surface area contributed by atoms with E-state index in [1.54, 1.807) is 36.0 Å². The van der Waals surface area contributed by atoms with Crippen LogP contribution < -0.4 is 16.4 Å². The minimum atomic E-state index is 0.227. The molecule has 0 aliphatic rings. The van der Waals surface area contributed by atoms with Crippen LogP contribution in [0.25, 0.3) is 0 Å². The van der Waals surface area contributed by atoms with Crippen LogP contribution in [0.1, 0.15) is 11.1 Å². The molecule has 0 saturated heterocycles. The Bertz CT molecular complexity index is 957. The highest BCUT2D eigenvalue weighted by molar-refractivity contribution is 7.98. The zero-order chi connectivity index (χ0) is 19.2. The van der Waals surface area contributed by atoms with Crippen molar-refractivity contribution in [1.82, 2.24) is 9.97 Å². The molecule has 0 unspecified atom stereocenters. The number of nitrogens with two attached hydrogens (primary N) is 1. The molecule has 0 aliphatic heterocycles. The second-order valence-corrected chi connectivity index (χ2v) is 6.43. The number of anilines is 4. The maximum absolute atomic E-state index is 10.5. The summed E-state index contributed by atoms with van der Waals surface area (Å²) in [5.41, 5.74) is 8.87. The lowest BCUT2D eigenvalue weighted by atomic mass is 10.0. The first kappa shape index (κ1) is 18.4. The molecule has 1 aromatic heterocycles. The van der Waals surface area contributed by atoms with Crippen molar-refractivity contribution < 1.29 is 4.79 Å². The van der Waals surface area contributed by atoms with Crippen LogP contribution in [0.2, 0.25) is 0 Å². The minimum Gasteiger partial charge on any atom is -0.383 e. The molecule has 7 nitrogen and oxygen atoms in total. The lowest BCUT2D eigenvalue weighted by molar-refractivity contribution is -0.105. The van der Waals surface area contributed by atoms with Gasteiger partial charge in [0.25, 0.3) is 0 Å². The van der Waals surface area contributed by atoms with E-state index in [9.17, 15) is 4.79 Å². The van der Waals surface area contributed by atoms with Crippen LogP contribution in [0.15, 0.2) is 59.8 Å². The number of nitrogens with zero attached hydrogens (tertiary/aromatic N) is 2. The zero-order valence-electron chi connectivity index (χ0n) is 14.6. The molecule has 0 bridgehead atoms. The summed E-state index contributed by atoms with van der Waals surface area (Å²) >= 11 is 1.64. The third kappa shape index (κ3) is 4.24. The van der Waals surface area contributed by atoms with Crippen LogP contribution in [-0.2, 0) is 4.79 Å². The van der Waals surface area contributed by atoms with Crippen LogP contribution >= 0.6 is 11.8 Å². The van der Waals surface area contributed by atoms with Crippen molar-refractivity contribution in [3.63, 3.8) is 0 Å². The fourth-order valence-electron chi connectivity index (χ4n) is 2.50. The predicted molar refractivity (Wildman–Crippen MR) is 110 cm³/mol. The number of hydrogen-bond donors (Lipinski definition) is 4. The molecule has 0 spiro atoms. The Morgan fingerprint density at radius 3 is 2.37 bits per heavy atom. The Balaban J connectivity index is 1.91. The highest BCUT2D eigenvalue weighted by atomic mass is 32.2. The van der Waals surface area contributed by atoms with Crippen molar-refractivity contribution in [2.45, 2.75) is 4.90 Å². The maximum Gasteiger partial charge on any atom is 0.211 e. The maximum atomic E-state index is 10.5. The molecule has 8 heteroatoms. The van der Waals surface area contributed by atoms with Crippen LogP contribution in [0.3, 0.4) is 0 Å². The third-order valence-corrected chi connectivity index (χ3v) is 4.62. The van der Waals surface area contributed by atoms with Gasteiger partial charge in [0, 0.05) is 21.8 Å². The van der Waals surface area contributed by atoms with Gasteiger partial charge in [-0.25, -0.2) is 9.97 Å². The summed E-state index contributed by atoms with van der Waals surface area (Å²) < 4.78 is 0. The van der Waals surface area contributed by atoms with Crippen LogP contribution in [0, 0.1) is 5.41 Å². The molecule has 1 heterocycles. The molecule has 136 valence electrons. The second-order valence-electron chi connectivity index (χ2n) is 5.55. The van der Waals surface area contributed by atoms with Crippen molar-refractivity contribution in [3.8, 4) is 0 Å². The number of carbonyl (C=O) groups excluding carboxylic acids is 1. The SMILES string of the molecule is CSc1ccc(C(=N)c2c(N)ncnc2Nc2ccc(NC=O)cc2)cc1. The van der Waals surface area contributed by atoms with Crippen LogP contribution in [0.4, 0.5) is 23.0 Å². The molecule has 3 aromatic rings. The fourth-order valence-corrected chi connectivity index (χ4v) is 2.91. The topological polar surface area (TPSA) is 117 Å². The van der Waals surface area contributed by atoms with Gasteiger partial charge in [-0.15, -0.1) is 11.8 Å². The summed E-state index contributed by atoms with van der Waals surface area (Å²) in [6.07, 6.45) is 3.98. The molecule has 27 heavy (non-hydrogen) atoms. The quantitative estimate of drug-likeness (QED) is 0.284. The Kier molecular flexibility index (Phi) is 5.68. The van der Waals surface area contributed by atoms with E-state index in [0.29, 0.717) is 23.5 Å². The predicted octanol–water partition coefficient (Wildman–Crippen LogP) is 3.51. The standard InChI is InChI=1S/C19H18N6OS/c1-27-15-8-2-12(3-9-15)17(20)16-18(21)22-10-23-19(16)25-14-6-4-13(5-7-14)24-11-26/h2-11,20H,1H3,(H,24,26)(H3,21,22,23,25). The summed E-state index contributed by atoms with van der Waals surface area (Å²) in [5.74, 6) is 0.670. The second kappa shape index (κ2) is 8.33. The Labute approximate surface area is 160 Å². The summed E-state index contributed by atoms with van der Waals surface area (Å²) in [4.78, 5) is 19.9. The van der Waals surface area contributed by atoms with Gasteiger partial charge in [0.2, 0.25) is 6.41 Å². The Hall–Kier alpha value is -3.39. The number of aromatic nitrogens is 2. The van der Waals surface area contributed by atoms with E-state index >= 15 is 0 Å². The third-order valence-electron chi connectivity index (χ3n) is 3.88. The van der Waals surface area contributed by atoms with Gasteiger partial charge in [-0.05, 0) is 42.7 Å². The van der Waals surface area contributed by atoms with Gasteiger partial charge in [-0.1, -0.05) is 12.1 Å². The number of thioether (sulfide) groups is 1. The first-order chi connectivity index (χ1) is 13.1. The molecular formula is C19H18N6OS. The van der Waals surface area contributed by atoms with Crippen LogP contribution in [0.5, 0.6) is 0 Å². The Morgan fingerprint density at radius 1 is 1.07 bits per heavy atom. The molecule has 0 fully saturated rings. The molecule has 0 aliphatic carbocycles. The Morgan fingerprint density at radius 2 is 1.74 bits per heavy atom. The van der Waals surface area contributed by atoms with E-state index in [4.69, 9.17) is 11.1 Å². The van der Waals surface area contributed by atoms with Gasteiger partial charge in [-0.3, -0.25) is 10.2 Å². The molecule has 2 aromatic carbocycles. The van der Waals surface area contributed by atoms with Crippen molar-refractivity contribution in [3.05, 3.63) is 66.0 Å². The first-order valence-electron chi connectivity index (χ1n) is 8.03. The largest absolute Gasteiger partial charge is 0.383 e. The van der Waals surface area contributed by atoms with Gasteiger partial charge in [0.15, 0.2) is 0 Å². The van der Waals surface area contributed by atoms with Gasteiger partial charge in [-0.2, -0.15) is 0 Å². The van der Waals surface area contributed by atoms with E-state index < -0.39 is 0 Å². The molecule has 0 atom stereocenters. The highest BCUT2D eigenvalue weighted by Crippen LogP contribution is 2.26. The minimum absolute atomic E-state index is 0.227. The molecule has 0 saturated carbocycles. The number of nitrogens with one attached hydrogen (secondary N) is 3. The lowest BCUT2D eigenvalue weighted by Crippen LogP contribution is -2.12. The zero-order valence-corrected chi connectivity index (χ0v) is 15.4. The fraction of sp³-hybridized carbons (Fsp3) is 0.0526. The van der Waals surface area contributed by atoms with Gasteiger partial charge < -0.3 is 16.4 Å². The number of benzene rings is 2. The monoisotopic (exact) mass is 378 g/mol. The summed E-state index contributed by atoms with van der Waals surface area (Å²) in [5, 5.41) is 14.3. The lowest BCUT2D eigenvalue weighted by Gasteiger charge is -2.14. The summed E-state index contributed by atoms with van der Waals surface area (Å²) in [7, 11) is 0.